The number of aromatic nitrogens is 2. The molecule has 14 heavy (non-hydrogen) atoms. The average molecular weight is 200 g/mol. The van der Waals surface area contributed by atoms with Crippen molar-refractivity contribution < 1.29 is 15.3 Å². The molecular formula is C7H12N4O3. The zero-order valence-electron chi connectivity index (χ0n) is 7.33. The predicted molar refractivity (Wildman–Crippen MR) is 48.9 cm³/mol. The number of hydrogen-bond donors (Lipinski definition) is 5. The molecule has 0 bridgehead atoms. The first-order valence-electron chi connectivity index (χ1n) is 3.91. The van der Waals surface area contributed by atoms with Crippen LogP contribution in [0.3, 0.4) is 0 Å². The fraction of sp³-hybridized carbons (Fsp3) is 0.429. The monoisotopic (exact) mass is 200 g/mol. The molecule has 1 heterocycles. The lowest BCUT2D eigenvalue weighted by molar-refractivity contribution is -0.0173. The maximum Gasteiger partial charge on any atom is 0.166 e. The lowest BCUT2D eigenvalue weighted by atomic mass is 10.1. The molecular weight excluding hydrogens is 188 g/mol. The van der Waals surface area contributed by atoms with E-state index in [1.807, 2.05) is 0 Å². The Morgan fingerprint density at radius 3 is 2.43 bits per heavy atom. The van der Waals surface area contributed by atoms with Gasteiger partial charge < -0.3 is 26.8 Å². The van der Waals surface area contributed by atoms with Gasteiger partial charge in [0, 0.05) is 0 Å². The standard InChI is InChI=1S/C7H12N4O3/c8-6-7(9)11-3(1-10-6)5(14)4(13)2-12/h1,4-5,12-14H,2H2,(H2,8,10)(H2,9,11). The third kappa shape index (κ3) is 2.08. The van der Waals surface area contributed by atoms with Crippen LogP contribution >= 0.6 is 0 Å². The van der Waals surface area contributed by atoms with E-state index in [1.54, 1.807) is 0 Å². The quantitative estimate of drug-likeness (QED) is 0.381. The van der Waals surface area contributed by atoms with E-state index in [0.29, 0.717) is 0 Å². The van der Waals surface area contributed by atoms with Crippen molar-refractivity contribution in [1.82, 2.24) is 9.97 Å². The highest BCUT2D eigenvalue weighted by Crippen LogP contribution is 2.16. The third-order valence-corrected chi connectivity index (χ3v) is 1.70. The van der Waals surface area contributed by atoms with Gasteiger partial charge in [-0.3, -0.25) is 0 Å². The summed E-state index contributed by atoms with van der Waals surface area (Å²) in [4.78, 5) is 7.36. The fourth-order valence-corrected chi connectivity index (χ4v) is 0.867. The van der Waals surface area contributed by atoms with E-state index < -0.39 is 18.8 Å². The molecule has 2 unspecified atom stereocenters. The molecule has 1 rings (SSSR count). The zero-order valence-corrected chi connectivity index (χ0v) is 7.33. The smallest absolute Gasteiger partial charge is 0.166 e. The molecule has 0 aliphatic heterocycles. The molecule has 78 valence electrons. The highest BCUT2D eigenvalue weighted by molar-refractivity contribution is 5.51. The molecule has 0 saturated heterocycles. The summed E-state index contributed by atoms with van der Waals surface area (Å²) in [5, 5.41) is 27.1. The number of nitrogens with two attached hydrogens (primary N) is 2. The van der Waals surface area contributed by atoms with Crippen molar-refractivity contribution in [3.05, 3.63) is 11.9 Å². The Morgan fingerprint density at radius 2 is 1.93 bits per heavy atom. The van der Waals surface area contributed by atoms with Gasteiger partial charge in [0.1, 0.15) is 12.2 Å². The van der Waals surface area contributed by atoms with Gasteiger partial charge in [-0.2, -0.15) is 0 Å². The molecule has 2 atom stereocenters. The minimum atomic E-state index is -1.32. The summed E-state index contributed by atoms with van der Waals surface area (Å²) in [6, 6.07) is 0. The van der Waals surface area contributed by atoms with E-state index in [-0.39, 0.29) is 17.3 Å². The molecule has 0 amide bonds. The van der Waals surface area contributed by atoms with Gasteiger partial charge in [0.25, 0.3) is 0 Å². The second-order valence-corrected chi connectivity index (χ2v) is 2.76. The Bertz CT molecular complexity index is 320. The molecule has 0 aliphatic carbocycles. The second-order valence-electron chi connectivity index (χ2n) is 2.76. The molecule has 7 heteroatoms. The van der Waals surface area contributed by atoms with Crippen LogP contribution in [0.15, 0.2) is 6.20 Å². The summed E-state index contributed by atoms with van der Waals surface area (Å²) in [5.74, 6) is 0.0335. The molecule has 0 aliphatic rings. The van der Waals surface area contributed by atoms with Gasteiger partial charge in [-0.05, 0) is 0 Å². The summed E-state index contributed by atoms with van der Waals surface area (Å²) in [5.41, 5.74) is 10.7. The maximum absolute atomic E-state index is 9.40. The van der Waals surface area contributed by atoms with Crippen LogP contribution in [0.4, 0.5) is 11.6 Å². The lowest BCUT2D eigenvalue weighted by Crippen LogP contribution is -2.23. The highest BCUT2D eigenvalue weighted by Gasteiger charge is 2.19. The summed E-state index contributed by atoms with van der Waals surface area (Å²) < 4.78 is 0. The summed E-state index contributed by atoms with van der Waals surface area (Å²) in [7, 11) is 0. The lowest BCUT2D eigenvalue weighted by Gasteiger charge is -2.14. The number of aliphatic hydroxyl groups excluding tert-OH is 3. The number of rotatable bonds is 3. The summed E-state index contributed by atoms with van der Waals surface area (Å²) in [6.45, 7) is -0.576. The van der Waals surface area contributed by atoms with Crippen LogP contribution in [0.1, 0.15) is 11.8 Å². The second kappa shape index (κ2) is 4.18. The van der Waals surface area contributed by atoms with Crippen LogP contribution in [0.5, 0.6) is 0 Å². The number of anilines is 2. The summed E-state index contributed by atoms with van der Waals surface area (Å²) >= 11 is 0. The zero-order chi connectivity index (χ0) is 10.7. The van der Waals surface area contributed by atoms with E-state index in [9.17, 15) is 5.11 Å². The number of nitrogen functional groups attached to an aromatic ring is 2. The first kappa shape index (κ1) is 10.6. The minimum Gasteiger partial charge on any atom is -0.394 e. The molecule has 0 aromatic carbocycles. The average Bonchev–Trinajstić information content (AvgIpc) is 2.20. The fourth-order valence-electron chi connectivity index (χ4n) is 0.867. The Balaban J connectivity index is 2.91. The molecule has 7 nitrogen and oxygen atoms in total. The Labute approximate surface area is 80.0 Å². The van der Waals surface area contributed by atoms with E-state index in [1.165, 1.54) is 6.20 Å². The highest BCUT2D eigenvalue weighted by atomic mass is 16.4. The van der Waals surface area contributed by atoms with Gasteiger partial charge in [-0.25, -0.2) is 9.97 Å². The van der Waals surface area contributed by atoms with Crippen molar-refractivity contribution >= 4 is 11.6 Å². The van der Waals surface area contributed by atoms with Crippen molar-refractivity contribution in [2.75, 3.05) is 18.1 Å². The minimum absolute atomic E-state index is 0.0216. The molecule has 0 saturated carbocycles. The van der Waals surface area contributed by atoms with E-state index in [0.717, 1.165) is 0 Å². The van der Waals surface area contributed by atoms with Crippen LogP contribution in [-0.4, -0.2) is 38.0 Å². The molecule has 0 radical (unpaired) electrons. The van der Waals surface area contributed by atoms with Crippen molar-refractivity contribution in [2.45, 2.75) is 12.2 Å². The van der Waals surface area contributed by atoms with Gasteiger partial charge in [0.05, 0.1) is 18.5 Å². The van der Waals surface area contributed by atoms with Crippen LogP contribution < -0.4 is 11.5 Å². The van der Waals surface area contributed by atoms with Gasteiger partial charge >= 0.3 is 0 Å². The van der Waals surface area contributed by atoms with E-state index >= 15 is 0 Å². The topological polar surface area (TPSA) is 139 Å². The van der Waals surface area contributed by atoms with Crippen LogP contribution in [0.2, 0.25) is 0 Å². The maximum atomic E-state index is 9.40. The predicted octanol–water partition coefficient (Wildman–Crippen LogP) is -1.97. The van der Waals surface area contributed by atoms with Gasteiger partial charge in [-0.15, -0.1) is 0 Å². The first-order chi connectivity index (χ1) is 6.56. The molecule has 7 N–H and O–H groups in total. The van der Waals surface area contributed by atoms with E-state index in [2.05, 4.69) is 9.97 Å². The van der Waals surface area contributed by atoms with E-state index in [4.69, 9.17) is 21.7 Å². The van der Waals surface area contributed by atoms with Crippen LogP contribution in [0.25, 0.3) is 0 Å². The van der Waals surface area contributed by atoms with Gasteiger partial charge in [0.2, 0.25) is 0 Å². The number of aliphatic hydroxyl groups is 3. The van der Waals surface area contributed by atoms with Crippen LogP contribution in [0, 0.1) is 0 Å². The molecule has 0 spiro atoms. The molecule has 0 fully saturated rings. The molecule has 1 aromatic rings. The van der Waals surface area contributed by atoms with Crippen molar-refractivity contribution in [3.63, 3.8) is 0 Å². The SMILES string of the molecule is Nc1ncc(C(O)C(O)CO)nc1N. The largest absolute Gasteiger partial charge is 0.394 e. The van der Waals surface area contributed by atoms with Crippen molar-refractivity contribution in [3.8, 4) is 0 Å². The van der Waals surface area contributed by atoms with Crippen LogP contribution in [-0.2, 0) is 0 Å². The molecule has 1 aromatic heterocycles. The number of hydrogen-bond acceptors (Lipinski definition) is 7. The Morgan fingerprint density at radius 1 is 1.29 bits per heavy atom. The Kier molecular flexibility index (Phi) is 3.18. The normalized spacial score (nSPS) is 15.1. The van der Waals surface area contributed by atoms with Gasteiger partial charge in [-0.1, -0.05) is 0 Å². The first-order valence-corrected chi connectivity index (χ1v) is 3.91. The number of nitrogens with zero attached hydrogens (tertiary/aromatic N) is 2. The third-order valence-electron chi connectivity index (χ3n) is 1.70. The summed E-state index contributed by atoms with van der Waals surface area (Å²) in [6.07, 6.45) is -1.45. The Hall–Kier alpha value is -1.44. The van der Waals surface area contributed by atoms with Crippen molar-refractivity contribution in [2.24, 2.45) is 0 Å². The van der Waals surface area contributed by atoms with Crippen molar-refractivity contribution in [1.29, 1.82) is 0 Å². The van der Waals surface area contributed by atoms with Gasteiger partial charge in [0.15, 0.2) is 11.6 Å².